The van der Waals surface area contributed by atoms with Gasteiger partial charge in [-0.25, -0.2) is 4.79 Å². The highest BCUT2D eigenvalue weighted by molar-refractivity contribution is 9.10. The minimum Gasteiger partial charge on any atom is -0.456 e. The van der Waals surface area contributed by atoms with Crippen LogP contribution >= 0.6 is 27.5 Å². The molecule has 0 heterocycles. The standard InChI is InChI=1S/C19H16BrClN2O5/c20-13-5-1-11(2-6-13)16(24)10-28-19(27)15(9-17(22)25)23-18(26)12-3-7-14(21)8-4-12/h1-8,15H,9-10H2,(H2,22,25)(H,23,26). The van der Waals surface area contributed by atoms with E-state index in [2.05, 4.69) is 21.2 Å². The van der Waals surface area contributed by atoms with Crippen molar-refractivity contribution >= 4 is 51.1 Å². The van der Waals surface area contributed by atoms with Crippen LogP contribution in [0.4, 0.5) is 0 Å². The van der Waals surface area contributed by atoms with Crippen LogP contribution in [-0.4, -0.2) is 36.2 Å². The molecule has 0 radical (unpaired) electrons. The highest BCUT2D eigenvalue weighted by Gasteiger charge is 2.25. The Kier molecular flexibility index (Phi) is 7.71. The van der Waals surface area contributed by atoms with Gasteiger partial charge in [0.25, 0.3) is 5.91 Å². The average Bonchev–Trinajstić information content (AvgIpc) is 2.66. The Labute approximate surface area is 174 Å². The number of ketones is 1. The molecule has 3 N–H and O–H groups in total. The number of ether oxygens (including phenoxy) is 1. The highest BCUT2D eigenvalue weighted by atomic mass is 79.9. The van der Waals surface area contributed by atoms with Gasteiger partial charge in [0.2, 0.25) is 5.91 Å². The van der Waals surface area contributed by atoms with Crippen molar-refractivity contribution in [3.63, 3.8) is 0 Å². The first-order valence-corrected chi connectivity index (χ1v) is 9.23. The molecule has 1 atom stereocenters. The topological polar surface area (TPSA) is 116 Å². The molecule has 1 unspecified atom stereocenters. The van der Waals surface area contributed by atoms with Crippen molar-refractivity contribution in [2.75, 3.05) is 6.61 Å². The third kappa shape index (κ3) is 6.47. The summed E-state index contributed by atoms with van der Waals surface area (Å²) in [5.41, 5.74) is 5.73. The van der Waals surface area contributed by atoms with Crippen LogP contribution in [0.3, 0.4) is 0 Å². The number of hydrogen-bond donors (Lipinski definition) is 2. The predicted molar refractivity (Wildman–Crippen MR) is 106 cm³/mol. The van der Waals surface area contributed by atoms with Crippen molar-refractivity contribution in [1.29, 1.82) is 0 Å². The summed E-state index contributed by atoms with van der Waals surface area (Å²) in [6.07, 6.45) is -0.468. The number of carbonyl (C=O) groups excluding carboxylic acids is 4. The number of nitrogens with two attached hydrogens (primary N) is 1. The molecule has 0 bridgehead atoms. The quantitative estimate of drug-likeness (QED) is 0.457. The molecule has 2 amide bonds. The van der Waals surface area contributed by atoms with E-state index in [9.17, 15) is 19.2 Å². The van der Waals surface area contributed by atoms with E-state index in [4.69, 9.17) is 22.1 Å². The summed E-state index contributed by atoms with van der Waals surface area (Å²) in [5, 5.41) is 2.82. The molecule has 0 aliphatic rings. The Bertz CT molecular complexity index is 884. The number of hydrogen-bond acceptors (Lipinski definition) is 5. The summed E-state index contributed by atoms with van der Waals surface area (Å²) in [4.78, 5) is 47.9. The fraction of sp³-hybridized carbons (Fsp3) is 0.158. The smallest absolute Gasteiger partial charge is 0.329 e. The summed E-state index contributed by atoms with van der Waals surface area (Å²) in [6.45, 7) is -0.535. The predicted octanol–water partition coefficient (Wildman–Crippen LogP) is 2.50. The van der Waals surface area contributed by atoms with Gasteiger partial charge in [0.15, 0.2) is 12.4 Å². The molecule has 2 aromatic carbocycles. The molecule has 7 nitrogen and oxygen atoms in total. The summed E-state index contributed by atoms with van der Waals surface area (Å²) in [5.74, 6) is -2.79. The van der Waals surface area contributed by atoms with Crippen molar-refractivity contribution in [3.05, 3.63) is 69.2 Å². The van der Waals surface area contributed by atoms with Gasteiger partial charge in [-0.15, -0.1) is 0 Å². The van der Waals surface area contributed by atoms with Crippen molar-refractivity contribution in [3.8, 4) is 0 Å². The monoisotopic (exact) mass is 466 g/mol. The number of amides is 2. The molecule has 0 aromatic heterocycles. The molecular formula is C19H16BrClN2O5. The molecule has 0 aliphatic heterocycles. The maximum Gasteiger partial charge on any atom is 0.329 e. The zero-order valence-electron chi connectivity index (χ0n) is 14.5. The van der Waals surface area contributed by atoms with Crippen LogP contribution in [-0.2, 0) is 14.3 Å². The second kappa shape index (κ2) is 10.0. The van der Waals surface area contributed by atoms with Crippen LogP contribution < -0.4 is 11.1 Å². The van der Waals surface area contributed by atoms with Crippen LogP contribution in [0.25, 0.3) is 0 Å². The van der Waals surface area contributed by atoms with Gasteiger partial charge in [-0.3, -0.25) is 14.4 Å². The minimum absolute atomic E-state index is 0.234. The van der Waals surface area contributed by atoms with E-state index in [1.54, 1.807) is 24.3 Å². The number of benzene rings is 2. The first kappa shape index (κ1) is 21.6. The van der Waals surface area contributed by atoms with Gasteiger partial charge in [0, 0.05) is 20.6 Å². The number of rotatable bonds is 8. The second-order valence-electron chi connectivity index (χ2n) is 5.74. The normalized spacial score (nSPS) is 11.4. The van der Waals surface area contributed by atoms with Crippen molar-refractivity contribution in [2.45, 2.75) is 12.5 Å². The van der Waals surface area contributed by atoms with Gasteiger partial charge >= 0.3 is 5.97 Å². The van der Waals surface area contributed by atoms with E-state index >= 15 is 0 Å². The second-order valence-corrected chi connectivity index (χ2v) is 7.09. The number of carbonyl (C=O) groups is 4. The number of primary amides is 1. The lowest BCUT2D eigenvalue weighted by molar-refractivity contribution is -0.146. The first-order valence-electron chi connectivity index (χ1n) is 8.06. The fourth-order valence-electron chi connectivity index (χ4n) is 2.19. The van der Waals surface area contributed by atoms with Crippen LogP contribution in [0, 0.1) is 0 Å². The van der Waals surface area contributed by atoms with E-state index in [0.29, 0.717) is 10.6 Å². The Balaban J connectivity index is 2.00. The fourth-order valence-corrected chi connectivity index (χ4v) is 2.58. The Hall–Kier alpha value is -2.71. The van der Waals surface area contributed by atoms with E-state index in [1.165, 1.54) is 24.3 Å². The molecular weight excluding hydrogens is 452 g/mol. The SMILES string of the molecule is NC(=O)CC(NC(=O)c1ccc(Cl)cc1)C(=O)OCC(=O)c1ccc(Br)cc1. The Morgan fingerprint density at radius 3 is 2.14 bits per heavy atom. The summed E-state index contributed by atoms with van der Waals surface area (Å²) >= 11 is 9.03. The van der Waals surface area contributed by atoms with Crippen molar-refractivity contribution in [1.82, 2.24) is 5.32 Å². The lowest BCUT2D eigenvalue weighted by Crippen LogP contribution is -2.44. The van der Waals surface area contributed by atoms with E-state index in [1.807, 2.05) is 0 Å². The van der Waals surface area contributed by atoms with E-state index in [0.717, 1.165) is 4.47 Å². The maximum atomic E-state index is 12.3. The van der Waals surface area contributed by atoms with Crippen LogP contribution in [0.2, 0.25) is 5.02 Å². The average molecular weight is 468 g/mol. The molecule has 2 rings (SSSR count). The van der Waals surface area contributed by atoms with Crippen LogP contribution in [0.1, 0.15) is 27.1 Å². The number of nitrogens with one attached hydrogen (secondary N) is 1. The largest absolute Gasteiger partial charge is 0.456 e. The summed E-state index contributed by atoms with van der Waals surface area (Å²) in [7, 11) is 0. The Morgan fingerprint density at radius 1 is 1.00 bits per heavy atom. The molecule has 0 spiro atoms. The summed E-state index contributed by atoms with van der Waals surface area (Å²) in [6, 6.07) is 11.1. The van der Waals surface area contributed by atoms with Crippen molar-refractivity contribution < 1.29 is 23.9 Å². The molecule has 146 valence electrons. The van der Waals surface area contributed by atoms with Crippen LogP contribution in [0.15, 0.2) is 53.0 Å². The molecule has 0 fully saturated rings. The molecule has 0 aliphatic carbocycles. The highest BCUT2D eigenvalue weighted by Crippen LogP contribution is 2.12. The molecule has 28 heavy (non-hydrogen) atoms. The lowest BCUT2D eigenvalue weighted by atomic mass is 10.1. The third-order valence-electron chi connectivity index (χ3n) is 3.61. The summed E-state index contributed by atoms with van der Waals surface area (Å²) < 4.78 is 5.76. The van der Waals surface area contributed by atoms with Gasteiger partial charge in [0.1, 0.15) is 6.04 Å². The Morgan fingerprint density at radius 2 is 1.57 bits per heavy atom. The molecule has 2 aromatic rings. The first-order chi connectivity index (χ1) is 13.3. The molecule has 0 saturated heterocycles. The number of esters is 1. The number of halogens is 2. The van der Waals surface area contributed by atoms with Gasteiger partial charge in [-0.1, -0.05) is 39.7 Å². The minimum atomic E-state index is -1.32. The van der Waals surface area contributed by atoms with E-state index in [-0.39, 0.29) is 5.56 Å². The zero-order chi connectivity index (χ0) is 20.7. The van der Waals surface area contributed by atoms with Gasteiger partial charge in [-0.2, -0.15) is 0 Å². The van der Waals surface area contributed by atoms with Gasteiger partial charge in [0.05, 0.1) is 6.42 Å². The lowest BCUT2D eigenvalue weighted by Gasteiger charge is -2.16. The maximum absolute atomic E-state index is 12.3. The van der Waals surface area contributed by atoms with E-state index < -0.39 is 42.6 Å². The van der Waals surface area contributed by atoms with Gasteiger partial charge < -0.3 is 15.8 Å². The number of Topliss-reactive ketones (excluding diaryl/α,β-unsaturated/α-hetero) is 1. The third-order valence-corrected chi connectivity index (χ3v) is 4.39. The molecule has 0 saturated carbocycles. The van der Waals surface area contributed by atoms with Gasteiger partial charge in [-0.05, 0) is 36.4 Å². The molecule has 9 heteroatoms. The van der Waals surface area contributed by atoms with Crippen LogP contribution in [0.5, 0.6) is 0 Å². The zero-order valence-corrected chi connectivity index (χ0v) is 16.8. The van der Waals surface area contributed by atoms with Crippen molar-refractivity contribution in [2.24, 2.45) is 5.73 Å².